The maximum absolute atomic E-state index is 13.1. The quantitative estimate of drug-likeness (QED) is 0.694. The molecule has 1 heterocycles. The van der Waals surface area contributed by atoms with Crippen LogP contribution in [0.15, 0.2) is 36.4 Å². The van der Waals surface area contributed by atoms with Crippen molar-refractivity contribution in [2.24, 2.45) is 0 Å². The second kappa shape index (κ2) is 5.27. The van der Waals surface area contributed by atoms with Crippen molar-refractivity contribution in [1.82, 2.24) is 10.2 Å². The van der Waals surface area contributed by atoms with Crippen LogP contribution < -0.4 is 0 Å². The molecule has 2 aromatic rings. The standard InChI is InChI=1S/C13H9F5N2O/c14-12(15,13(16,17)18)11-7-9(19-20-11)10(21)6-8-4-2-1-3-5-8/h1-5,7H,6H2,(H,19,20). The van der Waals surface area contributed by atoms with Crippen LogP contribution >= 0.6 is 0 Å². The molecule has 1 N–H and O–H groups in total. The van der Waals surface area contributed by atoms with E-state index in [1.165, 1.54) is 0 Å². The maximum Gasteiger partial charge on any atom is 0.459 e. The molecule has 0 atom stereocenters. The van der Waals surface area contributed by atoms with E-state index in [4.69, 9.17) is 0 Å². The number of nitrogens with one attached hydrogen (secondary N) is 1. The van der Waals surface area contributed by atoms with Crippen molar-refractivity contribution < 1.29 is 26.7 Å². The predicted molar refractivity (Wildman–Crippen MR) is 63.0 cm³/mol. The second-order valence-electron chi connectivity index (χ2n) is 4.32. The predicted octanol–water partition coefficient (Wildman–Crippen LogP) is 3.49. The molecule has 0 aliphatic rings. The molecule has 3 nitrogen and oxygen atoms in total. The average molecular weight is 304 g/mol. The zero-order valence-corrected chi connectivity index (χ0v) is 10.4. The zero-order valence-electron chi connectivity index (χ0n) is 10.4. The summed E-state index contributed by atoms with van der Waals surface area (Å²) in [4.78, 5) is 11.8. The van der Waals surface area contributed by atoms with E-state index < -0.39 is 29.3 Å². The van der Waals surface area contributed by atoms with Crippen LogP contribution in [0.3, 0.4) is 0 Å². The molecule has 2 rings (SSSR count). The second-order valence-corrected chi connectivity index (χ2v) is 4.32. The summed E-state index contributed by atoms with van der Waals surface area (Å²) in [5.41, 5.74) is -1.31. The number of halogens is 5. The lowest BCUT2D eigenvalue weighted by Crippen LogP contribution is -2.34. The maximum atomic E-state index is 13.1. The fourth-order valence-corrected chi connectivity index (χ4v) is 1.65. The minimum atomic E-state index is -5.75. The molecule has 0 unspecified atom stereocenters. The van der Waals surface area contributed by atoms with Crippen LogP contribution in [0.4, 0.5) is 22.0 Å². The first-order chi connectivity index (χ1) is 9.72. The van der Waals surface area contributed by atoms with Crippen LogP contribution in [0.2, 0.25) is 0 Å². The van der Waals surface area contributed by atoms with Crippen LogP contribution in [0.25, 0.3) is 0 Å². The number of aromatic nitrogens is 2. The molecule has 0 saturated heterocycles. The van der Waals surface area contributed by atoms with Gasteiger partial charge in [0.15, 0.2) is 5.78 Å². The molecule has 21 heavy (non-hydrogen) atoms. The van der Waals surface area contributed by atoms with Gasteiger partial charge in [0.25, 0.3) is 0 Å². The van der Waals surface area contributed by atoms with E-state index in [0.717, 1.165) is 0 Å². The Hall–Kier alpha value is -2.25. The fraction of sp³-hybridized carbons (Fsp3) is 0.231. The molecule has 0 spiro atoms. The molecule has 8 heteroatoms. The highest BCUT2D eigenvalue weighted by molar-refractivity contribution is 5.95. The lowest BCUT2D eigenvalue weighted by Gasteiger charge is -2.17. The van der Waals surface area contributed by atoms with Crippen molar-refractivity contribution >= 4 is 5.78 Å². The Morgan fingerprint density at radius 1 is 1.10 bits per heavy atom. The minimum Gasteiger partial charge on any atom is -0.292 e. The number of ketones is 1. The SMILES string of the molecule is O=C(Cc1ccccc1)c1cc(C(F)(F)C(F)(F)F)[nH]n1. The summed E-state index contributed by atoms with van der Waals surface area (Å²) in [6, 6.07) is 8.78. The highest BCUT2D eigenvalue weighted by Gasteiger charge is 2.60. The van der Waals surface area contributed by atoms with Gasteiger partial charge in [-0.25, -0.2) is 0 Å². The van der Waals surface area contributed by atoms with Gasteiger partial charge < -0.3 is 0 Å². The van der Waals surface area contributed by atoms with Gasteiger partial charge in [-0.3, -0.25) is 9.89 Å². The summed E-state index contributed by atoms with van der Waals surface area (Å²) in [5, 5.41) is 4.82. The molecule has 0 aliphatic heterocycles. The number of H-pyrrole nitrogens is 1. The minimum absolute atomic E-state index is 0.136. The summed E-state index contributed by atoms with van der Waals surface area (Å²) in [6.07, 6.45) is -5.89. The van der Waals surface area contributed by atoms with Gasteiger partial charge in [-0.05, 0) is 11.6 Å². The van der Waals surface area contributed by atoms with Gasteiger partial charge in [0.2, 0.25) is 0 Å². The lowest BCUT2D eigenvalue weighted by molar-refractivity contribution is -0.290. The van der Waals surface area contributed by atoms with E-state index in [2.05, 4.69) is 5.10 Å². The first-order valence-electron chi connectivity index (χ1n) is 5.79. The molecule has 0 saturated carbocycles. The third-order valence-electron chi connectivity index (χ3n) is 2.77. The van der Waals surface area contributed by atoms with Gasteiger partial charge >= 0.3 is 12.1 Å². The number of hydrogen-bond donors (Lipinski definition) is 1. The summed E-state index contributed by atoms with van der Waals surface area (Å²) >= 11 is 0. The molecule has 112 valence electrons. The first-order valence-corrected chi connectivity index (χ1v) is 5.79. The molecule has 0 radical (unpaired) electrons. The summed E-state index contributed by atoms with van der Waals surface area (Å²) in [5.74, 6) is -5.73. The number of benzene rings is 1. The van der Waals surface area contributed by atoms with Crippen LogP contribution in [0.5, 0.6) is 0 Å². The summed E-state index contributed by atoms with van der Waals surface area (Å²) < 4.78 is 62.7. The Morgan fingerprint density at radius 2 is 1.71 bits per heavy atom. The highest BCUT2D eigenvalue weighted by atomic mass is 19.4. The van der Waals surface area contributed by atoms with Crippen molar-refractivity contribution in [2.75, 3.05) is 0 Å². The molecular formula is C13H9F5N2O. The molecular weight excluding hydrogens is 295 g/mol. The van der Waals surface area contributed by atoms with E-state index in [9.17, 15) is 26.7 Å². The normalized spacial score (nSPS) is 12.4. The highest BCUT2D eigenvalue weighted by Crippen LogP contribution is 2.43. The van der Waals surface area contributed by atoms with Gasteiger partial charge in [-0.15, -0.1) is 0 Å². The Morgan fingerprint density at radius 3 is 2.29 bits per heavy atom. The van der Waals surface area contributed by atoms with Crippen molar-refractivity contribution in [1.29, 1.82) is 0 Å². The number of carbonyl (C=O) groups is 1. The van der Waals surface area contributed by atoms with E-state index in [1.807, 2.05) is 0 Å². The monoisotopic (exact) mass is 304 g/mol. The Balaban J connectivity index is 2.19. The molecule has 1 aromatic carbocycles. The molecule has 0 bridgehead atoms. The third-order valence-corrected chi connectivity index (χ3v) is 2.77. The third kappa shape index (κ3) is 3.09. The number of hydrogen-bond acceptors (Lipinski definition) is 2. The average Bonchev–Trinajstić information content (AvgIpc) is 2.88. The number of nitrogens with zero attached hydrogens (tertiary/aromatic N) is 1. The number of carbonyl (C=O) groups excluding carboxylic acids is 1. The fourth-order valence-electron chi connectivity index (χ4n) is 1.65. The van der Waals surface area contributed by atoms with Crippen LogP contribution in [-0.4, -0.2) is 22.2 Å². The van der Waals surface area contributed by atoms with Gasteiger partial charge in [-0.1, -0.05) is 30.3 Å². The number of aromatic amines is 1. The summed E-state index contributed by atoms with van der Waals surface area (Å²) in [6.45, 7) is 0. The Kier molecular flexibility index (Phi) is 3.80. The van der Waals surface area contributed by atoms with Crippen LogP contribution in [0, 0.1) is 0 Å². The number of alkyl halides is 5. The molecule has 0 aliphatic carbocycles. The smallest absolute Gasteiger partial charge is 0.292 e. The van der Waals surface area contributed by atoms with Crippen molar-refractivity contribution in [3.63, 3.8) is 0 Å². The van der Waals surface area contributed by atoms with E-state index in [1.54, 1.807) is 35.4 Å². The lowest BCUT2D eigenvalue weighted by atomic mass is 10.1. The van der Waals surface area contributed by atoms with E-state index in [-0.39, 0.29) is 6.42 Å². The Bertz CT molecular complexity index is 634. The van der Waals surface area contributed by atoms with Crippen molar-refractivity contribution in [2.45, 2.75) is 18.5 Å². The molecule has 0 amide bonds. The molecule has 1 aromatic heterocycles. The van der Waals surface area contributed by atoms with Gasteiger partial charge in [0, 0.05) is 6.42 Å². The largest absolute Gasteiger partial charge is 0.459 e. The van der Waals surface area contributed by atoms with Crippen molar-refractivity contribution in [3.8, 4) is 0 Å². The Labute approximate surface area is 115 Å². The topological polar surface area (TPSA) is 45.8 Å². The van der Waals surface area contributed by atoms with E-state index >= 15 is 0 Å². The van der Waals surface area contributed by atoms with Gasteiger partial charge in [-0.2, -0.15) is 27.1 Å². The van der Waals surface area contributed by atoms with Crippen LogP contribution in [0.1, 0.15) is 21.7 Å². The zero-order chi connectivity index (χ0) is 15.7. The number of rotatable bonds is 4. The first kappa shape index (κ1) is 15.1. The van der Waals surface area contributed by atoms with Crippen LogP contribution in [-0.2, 0) is 12.3 Å². The van der Waals surface area contributed by atoms with Gasteiger partial charge in [0.1, 0.15) is 11.4 Å². The molecule has 0 fully saturated rings. The van der Waals surface area contributed by atoms with Gasteiger partial charge in [0.05, 0.1) is 0 Å². The summed E-state index contributed by atoms with van der Waals surface area (Å²) in [7, 11) is 0. The van der Waals surface area contributed by atoms with Crippen molar-refractivity contribution in [3.05, 3.63) is 53.3 Å². The van der Waals surface area contributed by atoms with E-state index in [0.29, 0.717) is 11.6 Å². The number of Topliss-reactive ketones (excluding diaryl/α,β-unsaturated/α-hetero) is 1.